The van der Waals surface area contributed by atoms with E-state index in [4.69, 9.17) is 9.47 Å². The molecule has 0 N–H and O–H groups in total. The first-order valence-corrected chi connectivity index (χ1v) is 8.82. The Morgan fingerprint density at radius 2 is 1.41 bits per heavy atom. The Morgan fingerprint density at radius 1 is 0.852 bits per heavy atom. The average Bonchev–Trinajstić information content (AvgIpc) is 2.60. The Kier molecular flexibility index (Phi) is 7.30. The molecule has 0 unspecified atom stereocenters. The molecule has 0 heterocycles. The smallest absolute Gasteiger partial charge is 0.374 e. The van der Waals surface area contributed by atoms with Gasteiger partial charge in [0.2, 0.25) is 0 Å². The van der Waals surface area contributed by atoms with Gasteiger partial charge in [-0.05, 0) is 29.3 Å². The van der Waals surface area contributed by atoms with Crippen LogP contribution >= 0.6 is 15.9 Å². The van der Waals surface area contributed by atoms with Crippen molar-refractivity contribution in [1.82, 2.24) is 0 Å². The maximum absolute atomic E-state index is 13.0. The average molecular weight is 457 g/mol. The van der Waals surface area contributed by atoms with E-state index in [1.54, 1.807) is 24.3 Å². The summed E-state index contributed by atoms with van der Waals surface area (Å²) in [6.07, 6.45) is -10.9. The van der Waals surface area contributed by atoms with E-state index in [2.05, 4.69) is 15.9 Å². The van der Waals surface area contributed by atoms with Crippen molar-refractivity contribution in [2.45, 2.75) is 25.1 Å². The van der Waals surface area contributed by atoms with Gasteiger partial charge in [-0.3, -0.25) is 0 Å². The van der Waals surface area contributed by atoms with Crippen molar-refractivity contribution >= 4 is 15.9 Å². The lowest BCUT2D eigenvalue weighted by molar-refractivity contribution is -0.143. The summed E-state index contributed by atoms with van der Waals surface area (Å²) in [5.74, 6) is 0. The molecule has 0 saturated heterocycles. The molecule has 0 aliphatic rings. The number of halogens is 7. The SMILES string of the molecule is FC(F)(F)c1cc([C@@H](COCc2ccccc2)OCBr)cc(C(F)(F)F)c1. The molecule has 0 saturated carbocycles. The molecule has 2 rings (SSSR count). The molecule has 0 aliphatic carbocycles. The Labute approximate surface area is 160 Å². The highest BCUT2D eigenvalue weighted by atomic mass is 79.9. The van der Waals surface area contributed by atoms with Gasteiger partial charge in [0.05, 0.1) is 24.3 Å². The van der Waals surface area contributed by atoms with E-state index in [1.165, 1.54) is 0 Å². The number of rotatable bonds is 7. The molecule has 2 nitrogen and oxygen atoms in total. The number of hydrogen-bond donors (Lipinski definition) is 0. The molecule has 2 aromatic rings. The van der Waals surface area contributed by atoms with E-state index in [1.807, 2.05) is 6.07 Å². The molecule has 27 heavy (non-hydrogen) atoms. The van der Waals surface area contributed by atoms with Gasteiger partial charge in [0.25, 0.3) is 0 Å². The van der Waals surface area contributed by atoms with Crippen molar-refractivity contribution < 1.29 is 35.8 Å². The number of ether oxygens (including phenoxy) is 2. The van der Waals surface area contributed by atoms with Crippen LogP contribution in [-0.4, -0.2) is 12.1 Å². The fourth-order valence-electron chi connectivity index (χ4n) is 2.34. The Morgan fingerprint density at radius 3 is 1.89 bits per heavy atom. The first-order chi connectivity index (χ1) is 12.6. The number of hydrogen-bond acceptors (Lipinski definition) is 2. The minimum Gasteiger partial charge on any atom is -0.374 e. The van der Waals surface area contributed by atoms with E-state index in [0.29, 0.717) is 12.1 Å². The largest absolute Gasteiger partial charge is 0.416 e. The van der Waals surface area contributed by atoms with Crippen LogP contribution in [0.5, 0.6) is 0 Å². The predicted molar refractivity (Wildman–Crippen MR) is 90.2 cm³/mol. The molecule has 0 fully saturated rings. The number of alkyl halides is 7. The fraction of sp³-hybridized carbons (Fsp3) is 0.333. The third kappa shape index (κ3) is 6.51. The van der Waals surface area contributed by atoms with Crippen molar-refractivity contribution in [2.24, 2.45) is 0 Å². The molecule has 0 radical (unpaired) electrons. The van der Waals surface area contributed by atoms with E-state index in [0.717, 1.165) is 5.56 Å². The van der Waals surface area contributed by atoms with Crippen molar-refractivity contribution in [3.8, 4) is 0 Å². The van der Waals surface area contributed by atoms with Crippen molar-refractivity contribution in [3.05, 3.63) is 70.8 Å². The summed E-state index contributed by atoms with van der Waals surface area (Å²) in [5.41, 5.74) is -2.30. The highest BCUT2D eigenvalue weighted by molar-refractivity contribution is 9.09. The molecule has 148 valence electrons. The lowest BCUT2D eigenvalue weighted by Gasteiger charge is -2.20. The quantitative estimate of drug-likeness (QED) is 0.357. The summed E-state index contributed by atoms with van der Waals surface area (Å²) in [5, 5.41) is 0. The van der Waals surface area contributed by atoms with E-state index in [9.17, 15) is 26.3 Å². The van der Waals surface area contributed by atoms with Gasteiger partial charge in [0.15, 0.2) is 0 Å². The maximum atomic E-state index is 13.0. The molecule has 0 aliphatic heterocycles. The predicted octanol–water partition coefficient (Wildman–Crippen LogP) is 6.35. The summed E-state index contributed by atoms with van der Waals surface area (Å²) in [7, 11) is 0. The number of benzene rings is 2. The Hall–Kier alpha value is -1.58. The van der Waals surface area contributed by atoms with Crippen LogP contribution in [-0.2, 0) is 28.4 Å². The van der Waals surface area contributed by atoms with E-state index >= 15 is 0 Å². The maximum Gasteiger partial charge on any atom is 0.416 e. The topological polar surface area (TPSA) is 18.5 Å². The second-order valence-corrected chi connectivity index (χ2v) is 6.06. The third-order valence-corrected chi connectivity index (χ3v) is 3.89. The molecule has 2 aromatic carbocycles. The second kappa shape index (κ2) is 9.07. The molecule has 0 spiro atoms. The van der Waals surface area contributed by atoms with Gasteiger partial charge in [0, 0.05) is 0 Å². The molecule has 9 heteroatoms. The summed E-state index contributed by atoms with van der Waals surface area (Å²) in [4.78, 5) is 0. The van der Waals surface area contributed by atoms with Crippen LogP contribution in [0.1, 0.15) is 28.4 Å². The molecule has 0 bridgehead atoms. The first kappa shape index (κ1) is 21.7. The van der Waals surface area contributed by atoms with Gasteiger partial charge in [-0.2, -0.15) is 26.3 Å². The van der Waals surface area contributed by atoms with Crippen LogP contribution in [0.15, 0.2) is 48.5 Å². The third-order valence-electron chi connectivity index (χ3n) is 3.63. The van der Waals surface area contributed by atoms with Crippen molar-refractivity contribution in [2.75, 3.05) is 12.1 Å². The molecular formula is C18H15BrF6O2. The minimum atomic E-state index is -4.92. The van der Waals surface area contributed by atoms with Crippen molar-refractivity contribution in [3.63, 3.8) is 0 Å². The summed E-state index contributed by atoms with van der Waals surface area (Å²) in [6, 6.07) is 10.3. The standard InChI is InChI=1S/C18H15BrF6O2/c19-11-27-16(10-26-9-12-4-2-1-3-5-12)13-6-14(17(20,21)22)8-15(7-13)18(23,24)25/h1-8,16H,9-11H2/t16-/m1/s1. The van der Waals surface area contributed by atoms with Crippen molar-refractivity contribution in [1.29, 1.82) is 0 Å². The molecular weight excluding hydrogens is 442 g/mol. The fourth-order valence-corrected chi connectivity index (χ4v) is 2.66. The highest BCUT2D eigenvalue weighted by Gasteiger charge is 2.37. The highest BCUT2D eigenvalue weighted by Crippen LogP contribution is 2.38. The van der Waals surface area contributed by atoms with Crippen LogP contribution in [0.25, 0.3) is 0 Å². The van der Waals surface area contributed by atoms with Crippen LogP contribution in [0.2, 0.25) is 0 Å². The first-order valence-electron chi connectivity index (χ1n) is 7.70. The van der Waals surface area contributed by atoms with Gasteiger partial charge in [-0.1, -0.05) is 46.3 Å². The second-order valence-electron chi connectivity index (χ2n) is 5.60. The van der Waals surface area contributed by atoms with Gasteiger partial charge in [0.1, 0.15) is 11.6 Å². The lowest BCUT2D eigenvalue weighted by Crippen LogP contribution is -2.16. The van der Waals surface area contributed by atoms with Crippen LogP contribution < -0.4 is 0 Å². The van der Waals surface area contributed by atoms with E-state index in [-0.39, 0.29) is 30.4 Å². The summed E-state index contributed by atoms with van der Waals surface area (Å²) in [6.45, 7) is -0.0623. The van der Waals surface area contributed by atoms with Gasteiger partial charge >= 0.3 is 12.4 Å². The molecule has 0 amide bonds. The lowest BCUT2D eigenvalue weighted by atomic mass is 10.0. The zero-order chi connectivity index (χ0) is 20.1. The normalized spacial score (nSPS) is 13.6. The zero-order valence-corrected chi connectivity index (χ0v) is 15.4. The van der Waals surface area contributed by atoms with Crippen LogP contribution in [0.4, 0.5) is 26.3 Å². The van der Waals surface area contributed by atoms with Gasteiger partial charge < -0.3 is 9.47 Å². The summed E-state index contributed by atoms with van der Waals surface area (Å²) < 4.78 is 88.7. The Balaban J connectivity index is 2.26. The monoisotopic (exact) mass is 456 g/mol. The minimum absolute atomic E-state index is 0.0794. The van der Waals surface area contributed by atoms with Crippen LogP contribution in [0.3, 0.4) is 0 Å². The Bertz CT molecular complexity index is 699. The summed E-state index contributed by atoms with van der Waals surface area (Å²) >= 11 is 2.98. The van der Waals surface area contributed by atoms with Gasteiger partial charge in [-0.25, -0.2) is 0 Å². The molecule has 0 aromatic heterocycles. The molecule has 1 atom stereocenters. The zero-order valence-electron chi connectivity index (χ0n) is 13.8. The van der Waals surface area contributed by atoms with E-state index < -0.39 is 29.6 Å². The van der Waals surface area contributed by atoms with Gasteiger partial charge in [-0.15, -0.1) is 0 Å². The van der Waals surface area contributed by atoms with Crippen LogP contribution in [0, 0.1) is 0 Å².